The van der Waals surface area contributed by atoms with Gasteiger partial charge >= 0.3 is 0 Å². The molecule has 5 rings (SSSR count). The summed E-state index contributed by atoms with van der Waals surface area (Å²) in [5, 5.41) is 10.4. The maximum atomic E-state index is 13.8. The molecule has 2 aromatic carbocycles. The van der Waals surface area contributed by atoms with E-state index >= 15 is 0 Å². The summed E-state index contributed by atoms with van der Waals surface area (Å²) in [6.45, 7) is 6.41. The molecule has 2 aromatic heterocycles. The number of fused-ring (bicyclic) bond motifs is 1. The number of likely N-dealkylation sites (tertiary alicyclic amines) is 1. The third-order valence-electron chi connectivity index (χ3n) is 6.23. The van der Waals surface area contributed by atoms with Crippen LogP contribution in [0.4, 0.5) is 0 Å². The Morgan fingerprint density at radius 2 is 1.91 bits per heavy atom. The van der Waals surface area contributed by atoms with E-state index in [1.54, 1.807) is 24.3 Å². The minimum Gasteiger partial charge on any atom is -0.508 e. The van der Waals surface area contributed by atoms with E-state index in [0.29, 0.717) is 23.3 Å². The van der Waals surface area contributed by atoms with Gasteiger partial charge in [-0.1, -0.05) is 35.4 Å². The van der Waals surface area contributed by atoms with Crippen molar-refractivity contribution in [1.29, 1.82) is 0 Å². The molecule has 1 aliphatic heterocycles. The normalized spacial score (nSPS) is 16.5. The third-order valence-corrected chi connectivity index (χ3v) is 6.23. The summed E-state index contributed by atoms with van der Waals surface area (Å²) in [5.74, 6) is 0.0906. The molecule has 0 bridgehead atoms. The molecule has 0 radical (unpaired) electrons. The zero-order chi connectivity index (χ0) is 23.1. The van der Waals surface area contributed by atoms with Crippen molar-refractivity contribution in [3.05, 3.63) is 82.0 Å². The van der Waals surface area contributed by atoms with Gasteiger partial charge in [0.15, 0.2) is 5.65 Å². The highest BCUT2D eigenvalue weighted by atomic mass is 16.3. The molecule has 0 saturated carbocycles. The number of aryl methyl sites for hydroxylation is 2. The number of aromatic nitrogens is 3. The number of nitrogens with zero attached hydrogens (tertiary/aromatic N) is 4. The van der Waals surface area contributed by atoms with Gasteiger partial charge in [-0.15, -0.1) is 0 Å². The van der Waals surface area contributed by atoms with Crippen LogP contribution in [0.2, 0.25) is 0 Å². The molecule has 1 fully saturated rings. The lowest BCUT2D eigenvalue weighted by molar-refractivity contribution is 0.328. The Morgan fingerprint density at radius 1 is 1.12 bits per heavy atom. The van der Waals surface area contributed by atoms with Crippen LogP contribution < -0.4 is 11.3 Å². The van der Waals surface area contributed by atoms with Crippen molar-refractivity contribution in [1.82, 2.24) is 19.4 Å². The Bertz CT molecular complexity index is 1390. The number of hydrogen-bond acceptors (Lipinski definition) is 6. The van der Waals surface area contributed by atoms with Gasteiger partial charge in [0.05, 0.1) is 11.1 Å². The van der Waals surface area contributed by atoms with Crippen molar-refractivity contribution < 1.29 is 5.11 Å². The van der Waals surface area contributed by atoms with Crippen molar-refractivity contribution >= 4 is 11.0 Å². The molecule has 4 aromatic rings. The Balaban J connectivity index is 1.77. The summed E-state index contributed by atoms with van der Waals surface area (Å²) in [5.41, 5.74) is 12.1. The molecule has 0 spiro atoms. The molecule has 0 aliphatic carbocycles. The molecule has 3 N–H and O–H groups in total. The van der Waals surface area contributed by atoms with E-state index in [2.05, 4.69) is 46.9 Å². The van der Waals surface area contributed by atoms with Gasteiger partial charge in [0.2, 0.25) is 0 Å². The average molecular weight is 442 g/mol. The molecule has 1 unspecified atom stereocenters. The highest BCUT2D eigenvalue weighted by Gasteiger charge is 2.24. The van der Waals surface area contributed by atoms with Crippen LogP contribution in [-0.4, -0.2) is 43.7 Å². The molecule has 33 heavy (non-hydrogen) atoms. The van der Waals surface area contributed by atoms with Crippen LogP contribution in [0.15, 0.2) is 59.8 Å². The van der Waals surface area contributed by atoms with Gasteiger partial charge in [0.25, 0.3) is 5.56 Å². The van der Waals surface area contributed by atoms with Crippen LogP contribution in [0.3, 0.4) is 0 Å². The first kappa shape index (κ1) is 21.3. The molecular weight excluding hydrogens is 414 g/mol. The molecule has 168 valence electrons. The predicted octanol–water partition coefficient (Wildman–Crippen LogP) is 3.30. The van der Waals surface area contributed by atoms with Crippen molar-refractivity contribution in [2.75, 3.05) is 13.1 Å². The van der Waals surface area contributed by atoms with E-state index in [4.69, 9.17) is 5.73 Å². The zero-order valence-corrected chi connectivity index (χ0v) is 18.8. The Kier molecular flexibility index (Phi) is 5.44. The summed E-state index contributed by atoms with van der Waals surface area (Å²) in [4.78, 5) is 25.1. The second-order valence-electron chi connectivity index (χ2n) is 8.95. The number of pyridine rings is 1. The second-order valence-corrected chi connectivity index (χ2v) is 8.95. The lowest BCUT2D eigenvalue weighted by Gasteiger charge is -2.20. The summed E-state index contributed by atoms with van der Waals surface area (Å²) < 4.78 is 1.47. The molecular formula is C26H27N5O2. The maximum Gasteiger partial charge on any atom is 0.267 e. The number of hydrogen-bond donors (Lipinski definition) is 2. The zero-order valence-electron chi connectivity index (χ0n) is 18.8. The summed E-state index contributed by atoms with van der Waals surface area (Å²) in [6, 6.07) is 13.1. The third kappa shape index (κ3) is 4.13. The first-order chi connectivity index (χ1) is 15.9. The molecule has 3 heterocycles. The fraction of sp³-hybridized carbons (Fsp3) is 0.269. The molecule has 1 aliphatic rings. The van der Waals surface area contributed by atoms with Crippen molar-refractivity contribution in [2.45, 2.75) is 32.9 Å². The molecule has 1 atom stereocenters. The number of phenols is 1. The predicted molar refractivity (Wildman–Crippen MR) is 130 cm³/mol. The van der Waals surface area contributed by atoms with Gasteiger partial charge in [-0.05, 0) is 43.5 Å². The van der Waals surface area contributed by atoms with Crippen LogP contribution in [0.25, 0.3) is 27.8 Å². The quantitative estimate of drug-likeness (QED) is 0.504. The average Bonchev–Trinajstić information content (AvgIpc) is 3.18. The van der Waals surface area contributed by atoms with E-state index in [9.17, 15) is 9.90 Å². The first-order valence-electron chi connectivity index (χ1n) is 11.1. The fourth-order valence-electron chi connectivity index (χ4n) is 4.75. The van der Waals surface area contributed by atoms with E-state index < -0.39 is 0 Å². The monoisotopic (exact) mass is 441 g/mol. The minimum atomic E-state index is -0.206. The van der Waals surface area contributed by atoms with Gasteiger partial charge in [0, 0.05) is 43.5 Å². The number of nitrogens with two attached hydrogens (primary N) is 1. The summed E-state index contributed by atoms with van der Waals surface area (Å²) >= 11 is 0. The second kappa shape index (κ2) is 8.42. The summed E-state index contributed by atoms with van der Waals surface area (Å²) in [6.07, 6.45) is 4.24. The van der Waals surface area contributed by atoms with Crippen LogP contribution in [0.1, 0.15) is 23.1 Å². The molecule has 7 heteroatoms. The van der Waals surface area contributed by atoms with Crippen LogP contribution in [0.5, 0.6) is 5.75 Å². The minimum absolute atomic E-state index is 0.0906. The maximum absolute atomic E-state index is 13.8. The smallest absolute Gasteiger partial charge is 0.267 e. The van der Waals surface area contributed by atoms with Crippen molar-refractivity contribution in [2.24, 2.45) is 5.73 Å². The Hall–Kier alpha value is -3.55. The number of aromatic hydroxyl groups is 1. The van der Waals surface area contributed by atoms with E-state index in [-0.39, 0.29) is 17.4 Å². The van der Waals surface area contributed by atoms with E-state index in [0.717, 1.165) is 47.3 Å². The highest BCUT2D eigenvalue weighted by Crippen LogP contribution is 2.30. The van der Waals surface area contributed by atoms with Gasteiger partial charge in [-0.25, -0.2) is 9.97 Å². The Morgan fingerprint density at radius 3 is 2.61 bits per heavy atom. The van der Waals surface area contributed by atoms with E-state index in [1.807, 2.05) is 6.20 Å². The standard InChI is InChI=1S/C26H27N5O2/c1-16-8-17(2)10-18(9-16)22-12-28-25-24(23(22)14-30-7-6-19(27)13-30)26(33)31(15-29-25)20-4-3-5-21(32)11-20/h3-5,8-12,15,19,32H,6-7,13-14,27H2,1-2H3. The van der Waals surface area contributed by atoms with Crippen LogP contribution >= 0.6 is 0 Å². The van der Waals surface area contributed by atoms with Crippen LogP contribution in [0, 0.1) is 13.8 Å². The Labute approximate surface area is 192 Å². The van der Waals surface area contributed by atoms with Crippen LogP contribution in [-0.2, 0) is 6.54 Å². The molecule has 7 nitrogen and oxygen atoms in total. The lowest BCUT2D eigenvalue weighted by atomic mass is 9.96. The summed E-state index contributed by atoms with van der Waals surface area (Å²) in [7, 11) is 0. The van der Waals surface area contributed by atoms with Gasteiger partial charge < -0.3 is 10.8 Å². The topological polar surface area (TPSA) is 97.3 Å². The SMILES string of the molecule is Cc1cc(C)cc(-c2cnc3ncn(-c4cccc(O)c4)c(=O)c3c2CN2CCC(N)C2)c1. The van der Waals surface area contributed by atoms with Crippen molar-refractivity contribution in [3.63, 3.8) is 0 Å². The first-order valence-corrected chi connectivity index (χ1v) is 11.1. The fourth-order valence-corrected chi connectivity index (χ4v) is 4.75. The number of phenolic OH excluding ortho intramolecular Hbond substituents is 1. The van der Waals surface area contributed by atoms with Gasteiger partial charge in [-0.2, -0.15) is 0 Å². The van der Waals surface area contributed by atoms with Gasteiger partial charge in [-0.3, -0.25) is 14.3 Å². The van der Waals surface area contributed by atoms with Crippen molar-refractivity contribution in [3.8, 4) is 22.6 Å². The highest BCUT2D eigenvalue weighted by molar-refractivity contribution is 5.86. The molecule has 1 saturated heterocycles. The number of rotatable bonds is 4. The largest absolute Gasteiger partial charge is 0.508 e. The molecule has 0 amide bonds. The lowest BCUT2D eigenvalue weighted by Crippen LogP contribution is -2.28. The van der Waals surface area contributed by atoms with E-state index in [1.165, 1.54) is 10.9 Å². The van der Waals surface area contributed by atoms with Gasteiger partial charge in [0.1, 0.15) is 12.1 Å². The number of benzene rings is 2.